The van der Waals surface area contributed by atoms with Crippen LogP contribution in [-0.2, 0) is 19.1 Å². The van der Waals surface area contributed by atoms with E-state index in [0.29, 0.717) is 0 Å². The minimum atomic E-state index is -0.957. The van der Waals surface area contributed by atoms with E-state index in [2.05, 4.69) is 4.74 Å². The van der Waals surface area contributed by atoms with E-state index in [1.54, 1.807) is 13.8 Å². The van der Waals surface area contributed by atoms with Crippen molar-refractivity contribution in [2.45, 2.75) is 26.9 Å². The zero-order chi connectivity index (χ0) is 11.1. The molecule has 5 heteroatoms. The molecule has 0 aliphatic rings. The van der Waals surface area contributed by atoms with Gasteiger partial charge in [0.1, 0.15) is 19.3 Å². The van der Waals surface area contributed by atoms with Crippen LogP contribution in [0.15, 0.2) is 0 Å². The van der Waals surface area contributed by atoms with Gasteiger partial charge < -0.3 is 14.6 Å². The minimum absolute atomic E-state index is 0.149. The molecule has 0 spiro atoms. The first kappa shape index (κ1) is 12.9. The fraction of sp³-hybridized carbons (Fsp3) is 0.778. The van der Waals surface area contributed by atoms with E-state index in [1.807, 2.05) is 0 Å². The Morgan fingerprint density at radius 1 is 1.21 bits per heavy atom. The lowest BCUT2D eigenvalue weighted by Gasteiger charge is -2.12. The van der Waals surface area contributed by atoms with Crippen LogP contribution >= 0.6 is 0 Å². The molecule has 1 N–H and O–H groups in total. The van der Waals surface area contributed by atoms with E-state index < -0.39 is 12.1 Å². The average molecular weight is 204 g/mol. The van der Waals surface area contributed by atoms with Crippen molar-refractivity contribution in [3.8, 4) is 0 Å². The standard InChI is InChI=1S/C9H16O5/c1-6(2)9(12)14-5-8(11)4-13-7(3)10/h6,8,11H,4-5H2,1-3H3/t8-/m1/s1. The van der Waals surface area contributed by atoms with Gasteiger partial charge in [-0.1, -0.05) is 13.8 Å². The fourth-order valence-corrected chi connectivity index (χ4v) is 0.607. The highest BCUT2D eigenvalue weighted by molar-refractivity contribution is 5.71. The summed E-state index contributed by atoms with van der Waals surface area (Å²) < 4.78 is 9.23. The van der Waals surface area contributed by atoms with E-state index in [4.69, 9.17) is 4.74 Å². The van der Waals surface area contributed by atoms with Gasteiger partial charge in [-0.2, -0.15) is 0 Å². The highest BCUT2D eigenvalue weighted by Gasteiger charge is 2.12. The summed E-state index contributed by atoms with van der Waals surface area (Å²) in [6.07, 6.45) is -0.957. The van der Waals surface area contributed by atoms with Crippen LogP contribution in [0.3, 0.4) is 0 Å². The topological polar surface area (TPSA) is 72.8 Å². The highest BCUT2D eigenvalue weighted by atomic mass is 16.6. The van der Waals surface area contributed by atoms with Crippen LogP contribution in [0.1, 0.15) is 20.8 Å². The molecule has 1 atom stereocenters. The second-order valence-electron chi connectivity index (χ2n) is 3.24. The third kappa shape index (κ3) is 6.42. The summed E-state index contributed by atoms with van der Waals surface area (Å²) in [7, 11) is 0. The van der Waals surface area contributed by atoms with Crippen molar-refractivity contribution >= 4 is 11.9 Å². The Hall–Kier alpha value is -1.10. The monoisotopic (exact) mass is 204 g/mol. The van der Waals surface area contributed by atoms with Gasteiger partial charge in [-0.3, -0.25) is 9.59 Å². The predicted molar refractivity (Wildman–Crippen MR) is 48.4 cm³/mol. The Morgan fingerprint density at radius 3 is 2.14 bits per heavy atom. The highest BCUT2D eigenvalue weighted by Crippen LogP contribution is 1.97. The maximum atomic E-state index is 10.9. The molecule has 0 amide bonds. The van der Waals surface area contributed by atoms with Crippen LogP contribution in [0.5, 0.6) is 0 Å². The fourth-order valence-electron chi connectivity index (χ4n) is 0.607. The first-order chi connectivity index (χ1) is 6.43. The molecule has 0 saturated carbocycles. The summed E-state index contributed by atoms with van der Waals surface area (Å²) in [5.74, 6) is -1.08. The van der Waals surface area contributed by atoms with Gasteiger partial charge in [-0.15, -0.1) is 0 Å². The second-order valence-corrected chi connectivity index (χ2v) is 3.24. The molecule has 0 radical (unpaired) electrons. The van der Waals surface area contributed by atoms with Gasteiger partial charge in [0.25, 0.3) is 0 Å². The van der Waals surface area contributed by atoms with Crippen molar-refractivity contribution in [1.82, 2.24) is 0 Å². The first-order valence-corrected chi connectivity index (χ1v) is 4.41. The number of aliphatic hydroxyl groups excluding tert-OH is 1. The van der Waals surface area contributed by atoms with Crippen molar-refractivity contribution in [2.24, 2.45) is 5.92 Å². The quantitative estimate of drug-likeness (QED) is 0.643. The normalized spacial score (nSPS) is 12.4. The summed E-state index contributed by atoms with van der Waals surface area (Å²) in [5.41, 5.74) is 0. The molecular formula is C9H16O5. The van der Waals surface area contributed by atoms with Crippen LogP contribution < -0.4 is 0 Å². The van der Waals surface area contributed by atoms with Crippen molar-refractivity contribution in [1.29, 1.82) is 0 Å². The lowest BCUT2D eigenvalue weighted by atomic mass is 10.2. The lowest BCUT2D eigenvalue weighted by molar-refractivity contribution is -0.153. The Bertz CT molecular complexity index is 199. The molecular weight excluding hydrogens is 188 g/mol. The Balaban J connectivity index is 3.58. The van der Waals surface area contributed by atoms with Crippen LogP contribution in [0.25, 0.3) is 0 Å². The van der Waals surface area contributed by atoms with Gasteiger partial charge in [0, 0.05) is 6.92 Å². The van der Waals surface area contributed by atoms with E-state index >= 15 is 0 Å². The summed E-state index contributed by atoms with van der Waals surface area (Å²) in [4.78, 5) is 21.3. The van der Waals surface area contributed by atoms with E-state index in [1.165, 1.54) is 6.92 Å². The van der Waals surface area contributed by atoms with Crippen LogP contribution in [-0.4, -0.2) is 36.4 Å². The van der Waals surface area contributed by atoms with Gasteiger partial charge in [-0.25, -0.2) is 0 Å². The molecule has 0 unspecified atom stereocenters. The van der Waals surface area contributed by atoms with Gasteiger partial charge in [0.15, 0.2) is 0 Å². The molecule has 14 heavy (non-hydrogen) atoms. The number of carbonyl (C=O) groups excluding carboxylic acids is 2. The molecule has 0 heterocycles. The molecule has 82 valence electrons. The van der Waals surface area contributed by atoms with E-state index in [0.717, 1.165) is 0 Å². The molecule has 0 aromatic heterocycles. The predicted octanol–water partition coefficient (Wildman–Crippen LogP) is 0.110. The van der Waals surface area contributed by atoms with Gasteiger partial charge in [0.05, 0.1) is 5.92 Å². The summed E-state index contributed by atoms with van der Waals surface area (Å²) >= 11 is 0. The maximum absolute atomic E-state index is 10.9. The molecule has 0 rings (SSSR count). The van der Waals surface area contributed by atoms with Crippen molar-refractivity contribution < 1.29 is 24.2 Å². The third-order valence-corrected chi connectivity index (χ3v) is 1.37. The second kappa shape index (κ2) is 6.37. The number of aliphatic hydroxyl groups is 1. The maximum Gasteiger partial charge on any atom is 0.308 e. The van der Waals surface area contributed by atoms with Gasteiger partial charge >= 0.3 is 11.9 Å². The number of carbonyl (C=O) groups is 2. The zero-order valence-electron chi connectivity index (χ0n) is 8.65. The van der Waals surface area contributed by atoms with Crippen molar-refractivity contribution in [3.63, 3.8) is 0 Å². The molecule has 0 aliphatic carbocycles. The molecule has 0 aliphatic heterocycles. The van der Waals surface area contributed by atoms with Crippen LogP contribution in [0.2, 0.25) is 0 Å². The van der Waals surface area contributed by atoms with Crippen LogP contribution in [0.4, 0.5) is 0 Å². The van der Waals surface area contributed by atoms with Crippen molar-refractivity contribution in [2.75, 3.05) is 13.2 Å². The smallest absolute Gasteiger partial charge is 0.308 e. The number of hydrogen-bond acceptors (Lipinski definition) is 5. The summed E-state index contributed by atoms with van der Waals surface area (Å²) in [5, 5.41) is 9.17. The van der Waals surface area contributed by atoms with E-state index in [-0.39, 0.29) is 25.1 Å². The Morgan fingerprint density at radius 2 is 1.71 bits per heavy atom. The zero-order valence-corrected chi connectivity index (χ0v) is 8.65. The van der Waals surface area contributed by atoms with Gasteiger partial charge in [0.2, 0.25) is 0 Å². The minimum Gasteiger partial charge on any atom is -0.463 e. The largest absolute Gasteiger partial charge is 0.463 e. The van der Waals surface area contributed by atoms with Gasteiger partial charge in [-0.05, 0) is 0 Å². The van der Waals surface area contributed by atoms with Crippen molar-refractivity contribution in [3.05, 3.63) is 0 Å². The molecule has 0 fully saturated rings. The summed E-state index contributed by atoms with van der Waals surface area (Å²) in [6, 6.07) is 0. The summed E-state index contributed by atoms with van der Waals surface area (Å²) in [6.45, 7) is 4.33. The molecule has 0 aromatic carbocycles. The SMILES string of the molecule is CC(=O)OC[C@@H](O)COC(=O)C(C)C. The average Bonchev–Trinajstić information content (AvgIpc) is 2.10. The number of esters is 2. The molecule has 0 saturated heterocycles. The Labute approximate surface area is 83.0 Å². The molecule has 0 aromatic rings. The number of ether oxygens (including phenoxy) is 2. The number of rotatable bonds is 5. The van der Waals surface area contributed by atoms with Crippen LogP contribution in [0, 0.1) is 5.92 Å². The molecule has 0 bridgehead atoms. The number of hydrogen-bond donors (Lipinski definition) is 1. The first-order valence-electron chi connectivity index (χ1n) is 4.41. The Kier molecular flexibility index (Phi) is 5.87. The third-order valence-electron chi connectivity index (χ3n) is 1.37. The lowest BCUT2D eigenvalue weighted by Crippen LogP contribution is -2.26. The molecule has 5 nitrogen and oxygen atoms in total. The van der Waals surface area contributed by atoms with E-state index in [9.17, 15) is 14.7 Å².